The van der Waals surface area contributed by atoms with Gasteiger partial charge in [-0.3, -0.25) is 9.69 Å². The van der Waals surface area contributed by atoms with Crippen molar-refractivity contribution in [1.82, 2.24) is 10.2 Å². The Balaban J connectivity index is 2.39. The van der Waals surface area contributed by atoms with Gasteiger partial charge in [0.05, 0.1) is 13.9 Å². The molecule has 1 rings (SSSR count). The molecule has 1 heterocycles. The lowest BCUT2D eigenvalue weighted by Crippen LogP contribution is -2.41. The van der Waals surface area contributed by atoms with Crippen molar-refractivity contribution in [3.63, 3.8) is 0 Å². The molecule has 1 fully saturated rings. The predicted octanol–water partition coefficient (Wildman–Crippen LogP) is -0.677. The van der Waals surface area contributed by atoms with Gasteiger partial charge in [0, 0.05) is 0 Å². The summed E-state index contributed by atoms with van der Waals surface area (Å²) in [6.45, 7) is 1.02. The van der Waals surface area contributed by atoms with Gasteiger partial charge in [-0.1, -0.05) is 0 Å². The maximum Gasteiger partial charge on any atom is 0.236 e. The van der Waals surface area contributed by atoms with E-state index in [-0.39, 0.29) is 18.4 Å². The molecule has 3 nitrogen and oxygen atoms in total. The first-order valence-electron chi connectivity index (χ1n) is 3.93. The minimum Gasteiger partial charge on any atom is -0.364 e. The van der Waals surface area contributed by atoms with Crippen LogP contribution in [0.1, 0.15) is 12.8 Å². The molecular formula is C7H13BN2O. The molecule has 1 unspecified atom stereocenters. The molecule has 0 aromatic rings. The molecule has 0 saturated carbocycles. The molecule has 1 saturated heterocycles. The molecule has 1 atom stereocenters. The Bertz CT molecular complexity index is 151. The smallest absolute Gasteiger partial charge is 0.236 e. The zero-order valence-electron chi connectivity index (χ0n) is 6.84. The molecule has 1 amide bonds. The van der Waals surface area contributed by atoms with Crippen LogP contribution in [0.25, 0.3) is 0 Å². The van der Waals surface area contributed by atoms with Gasteiger partial charge in [-0.2, -0.15) is 0 Å². The lowest BCUT2D eigenvalue weighted by Gasteiger charge is -2.17. The summed E-state index contributed by atoms with van der Waals surface area (Å²) in [6.07, 6.45) is 2.31. The normalized spacial score (nSPS) is 25.4. The van der Waals surface area contributed by atoms with Crippen LogP contribution in [0.5, 0.6) is 0 Å². The Morgan fingerprint density at radius 1 is 1.82 bits per heavy atom. The highest BCUT2D eigenvalue weighted by Gasteiger charge is 2.26. The quantitative estimate of drug-likeness (QED) is 0.532. The number of carbonyl (C=O) groups is 1. The fourth-order valence-corrected chi connectivity index (χ4v) is 1.46. The van der Waals surface area contributed by atoms with Crippen LogP contribution in [0.3, 0.4) is 0 Å². The van der Waals surface area contributed by atoms with Gasteiger partial charge in [-0.25, -0.2) is 0 Å². The highest BCUT2D eigenvalue weighted by Crippen LogP contribution is 2.14. The number of nitrogens with zero attached hydrogens (tertiary/aromatic N) is 1. The van der Waals surface area contributed by atoms with Crippen LogP contribution < -0.4 is 5.32 Å². The van der Waals surface area contributed by atoms with Crippen molar-refractivity contribution in [2.75, 3.05) is 20.0 Å². The first-order chi connectivity index (χ1) is 5.25. The molecule has 60 valence electrons. The average molecular weight is 152 g/mol. The third kappa shape index (κ3) is 1.96. The van der Waals surface area contributed by atoms with Crippen LogP contribution in [-0.2, 0) is 4.79 Å². The molecule has 0 bridgehead atoms. The number of rotatable bonds is 2. The zero-order chi connectivity index (χ0) is 8.27. The monoisotopic (exact) mass is 152 g/mol. The summed E-state index contributed by atoms with van der Waals surface area (Å²) < 4.78 is 0. The molecule has 0 aromatic heterocycles. The molecule has 2 radical (unpaired) electrons. The first kappa shape index (κ1) is 8.59. The molecule has 0 aliphatic carbocycles. The maximum absolute atomic E-state index is 11.2. The number of nitrogens with one attached hydrogen (secondary N) is 1. The van der Waals surface area contributed by atoms with Crippen molar-refractivity contribution in [2.24, 2.45) is 0 Å². The summed E-state index contributed by atoms with van der Waals surface area (Å²) in [5, 5.41) is 2.62. The Hall–Kier alpha value is -0.505. The van der Waals surface area contributed by atoms with E-state index in [1.807, 2.05) is 7.05 Å². The van der Waals surface area contributed by atoms with Crippen LogP contribution in [0, 0.1) is 0 Å². The number of likely N-dealkylation sites (N-methyl/N-ethyl adjacent to an activating group) is 1. The molecular weight excluding hydrogens is 139 g/mol. The second kappa shape index (κ2) is 3.76. The summed E-state index contributed by atoms with van der Waals surface area (Å²) in [5.41, 5.74) is 0. The van der Waals surface area contributed by atoms with E-state index in [2.05, 4.69) is 10.2 Å². The van der Waals surface area contributed by atoms with Gasteiger partial charge in [-0.15, -0.1) is 0 Å². The van der Waals surface area contributed by atoms with E-state index in [4.69, 9.17) is 7.85 Å². The Morgan fingerprint density at radius 2 is 2.55 bits per heavy atom. The fourth-order valence-electron chi connectivity index (χ4n) is 1.46. The van der Waals surface area contributed by atoms with E-state index in [0.717, 1.165) is 19.4 Å². The van der Waals surface area contributed by atoms with Gasteiger partial charge in [-0.05, 0) is 32.9 Å². The Kier molecular flexibility index (Phi) is 2.94. The van der Waals surface area contributed by atoms with Gasteiger partial charge >= 0.3 is 0 Å². The minimum absolute atomic E-state index is 0.0542. The van der Waals surface area contributed by atoms with Crippen LogP contribution in [0.4, 0.5) is 0 Å². The van der Waals surface area contributed by atoms with Crippen LogP contribution >= 0.6 is 0 Å². The van der Waals surface area contributed by atoms with Crippen molar-refractivity contribution < 1.29 is 4.79 Å². The van der Waals surface area contributed by atoms with Crippen LogP contribution in [-0.4, -0.2) is 44.7 Å². The summed E-state index contributed by atoms with van der Waals surface area (Å²) >= 11 is 0. The van der Waals surface area contributed by atoms with E-state index >= 15 is 0 Å². The molecule has 1 N–H and O–H groups in total. The molecule has 1 aliphatic heterocycles. The van der Waals surface area contributed by atoms with Gasteiger partial charge in [0.2, 0.25) is 5.91 Å². The standard InChI is InChI=1S/C7H13BN2O/c1-10-4-2-3-6(10)7(11)9-5-8/h6H,2-5H2,1H3,(H,9,11). The highest BCUT2D eigenvalue weighted by atomic mass is 16.2. The maximum atomic E-state index is 11.2. The van der Waals surface area contributed by atoms with Crippen LogP contribution in [0.15, 0.2) is 0 Å². The third-order valence-electron chi connectivity index (χ3n) is 2.10. The SMILES string of the molecule is [B]CNC(=O)C1CCCN1C. The lowest BCUT2D eigenvalue weighted by molar-refractivity contribution is -0.124. The molecule has 1 aliphatic rings. The summed E-state index contributed by atoms with van der Waals surface area (Å²) in [5.74, 6) is 0.0625. The van der Waals surface area contributed by atoms with E-state index in [0.29, 0.717) is 0 Å². The van der Waals surface area contributed by atoms with Crippen molar-refractivity contribution >= 4 is 13.8 Å². The van der Waals surface area contributed by atoms with E-state index in [1.54, 1.807) is 0 Å². The molecule has 11 heavy (non-hydrogen) atoms. The molecule has 4 heteroatoms. The third-order valence-corrected chi connectivity index (χ3v) is 2.10. The van der Waals surface area contributed by atoms with Crippen LogP contribution in [0.2, 0.25) is 0 Å². The van der Waals surface area contributed by atoms with Gasteiger partial charge in [0.25, 0.3) is 0 Å². The second-order valence-electron chi connectivity index (χ2n) is 2.88. The number of hydrogen-bond donors (Lipinski definition) is 1. The largest absolute Gasteiger partial charge is 0.364 e. The number of carbonyl (C=O) groups excluding carboxylic acids is 1. The number of likely N-dealkylation sites (tertiary alicyclic amines) is 1. The Labute approximate surface area is 68.5 Å². The predicted molar refractivity (Wildman–Crippen MR) is 44.4 cm³/mol. The number of hydrogen-bond acceptors (Lipinski definition) is 2. The van der Waals surface area contributed by atoms with Gasteiger partial charge < -0.3 is 5.32 Å². The van der Waals surface area contributed by atoms with E-state index in [9.17, 15) is 4.79 Å². The first-order valence-corrected chi connectivity index (χ1v) is 3.93. The highest BCUT2D eigenvalue weighted by molar-refractivity contribution is 6.10. The van der Waals surface area contributed by atoms with Gasteiger partial charge in [0.15, 0.2) is 0 Å². The second-order valence-corrected chi connectivity index (χ2v) is 2.88. The lowest BCUT2D eigenvalue weighted by atomic mass is 10.1. The molecule has 0 spiro atoms. The number of amides is 1. The molecule has 0 aromatic carbocycles. The zero-order valence-corrected chi connectivity index (χ0v) is 6.84. The van der Waals surface area contributed by atoms with Gasteiger partial charge in [0.1, 0.15) is 0 Å². The van der Waals surface area contributed by atoms with Crippen molar-refractivity contribution in [3.05, 3.63) is 0 Å². The summed E-state index contributed by atoms with van der Waals surface area (Å²) in [6, 6.07) is 0.0542. The summed E-state index contributed by atoms with van der Waals surface area (Å²) in [7, 11) is 7.16. The fraction of sp³-hybridized carbons (Fsp3) is 0.857. The van der Waals surface area contributed by atoms with E-state index in [1.165, 1.54) is 0 Å². The van der Waals surface area contributed by atoms with E-state index < -0.39 is 0 Å². The Morgan fingerprint density at radius 3 is 3.00 bits per heavy atom. The van der Waals surface area contributed by atoms with Crippen molar-refractivity contribution in [2.45, 2.75) is 18.9 Å². The van der Waals surface area contributed by atoms with Crippen molar-refractivity contribution in [3.8, 4) is 0 Å². The topological polar surface area (TPSA) is 32.3 Å². The summed E-state index contributed by atoms with van der Waals surface area (Å²) in [4.78, 5) is 13.3. The van der Waals surface area contributed by atoms with Crippen molar-refractivity contribution in [1.29, 1.82) is 0 Å². The average Bonchev–Trinajstić information content (AvgIpc) is 2.36. The minimum atomic E-state index is 0.0542.